The van der Waals surface area contributed by atoms with E-state index in [1.54, 1.807) is 21.3 Å². The highest BCUT2D eigenvalue weighted by atomic mass is 28.5. The van der Waals surface area contributed by atoms with Crippen LogP contribution in [0.2, 0.25) is 44.1 Å². The minimum absolute atomic E-state index is 0.373. The zero-order valence-corrected chi connectivity index (χ0v) is 20.8. The second kappa shape index (κ2) is 12.0. The van der Waals surface area contributed by atoms with E-state index in [1.165, 1.54) is 0 Å². The van der Waals surface area contributed by atoms with Crippen molar-refractivity contribution < 1.29 is 27.5 Å². The average molecular weight is 413 g/mol. The summed E-state index contributed by atoms with van der Waals surface area (Å²) in [6.07, 6.45) is 0. The fourth-order valence-corrected chi connectivity index (χ4v) is 27.8. The quantitative estimate of drug-likeness (QED) is 0.304. The molecule has 6 nitrogen and oxygen atoms in total. The molecule has 0 saturated heterocycles. The molecule has 0 aromatic rings. The van der Waals surface area contributed by atoms with Crippen molar-refractivity contribution in [1.82, 2.24) is 0 Å². The lowest BCUT2D eigenvalue weighted by Gasteiger charge is -2.47. The van der Waals surface area contributed by atoms with Gasteiger partial charge in [0.1, 0.15) is 0 Å². The van der Waals surface area contributed by atoms with E-state index in [4.69, 9.17) is 27.5 Å². The van der Waals surface area contributed by atoms with Crippen molar-refractivity contribution in [2.45, 2.75) is 44.1 Å². The highest BCUT2D eigenvalue weighted by molar-refractivity contribution is 7.08. The van der Waals surface area contributed by atoms with Crippen LogP contribution in [0.1, 0.15) is 0 Å². The van der Waals surface area contributed by atoms with Crippen LogP contribution >= 0.6 is 0 Å². The minimum Gasteiger partial charge on any atom is -0.415 e. The fourth-order valence-electron chi connectivity index (χ4n) is 3.93. The van der Waals surface area contributed by atoms with E-state index in [0.29, 0.717) is 44.4 Å². The van der Waals surface area contributed by atoms with Gasteiger partial charge in [-0.15, -0.1) is 0 Å². The van der Waals surface area contributed by atoms with Gasteiger partial charge in [0.15, 0.2) is 25.0 Å². The van der Waals surface area contributed by atoms with Crippen LogP contribution in [0.4, 0.5) is 0 Å². The summed E-state index contributed by atoms with van der Waals surface area (Å²) in [5.41, 5.74) is 0. The van der Waals surface area contributed by atoms with Gasteiger partial charge >= 0.3 is 0 Å². The maximum absolute atomic E-state index is 6.38. The van der Waals surface area contributed by atoms with E-state index in [-0.39, 0.29) is 0 Å². The molecule has 0 amide bonds. The van der Waals surface area contributed by atoms with Gasteiger partial charge in [-0.05, 0) is 39.3 Å². The van der Waals surface area contributed by atoms with E-state index >= 15 is 0 Å². The zero-order chi connectivity index (χ0) is 19.6. The van der Waals surface area contributed by atoms with Crippen molar-refractivity contribution in [2.75, 3.05) is 61.0 Å². The molecule has 152 valence electrons. The molecule has 9 heteroatoms. The van der Waals surface area contributed by atoms with Crippen molar-refractivity contribution in [1.29, 1.82) is 0 Å². The van der Waals surface area contributed by atoms with Gasteiger partial charge in [0.05, 0.1) is 39.6 Å². The summed E-state index contributed by atoms with van der Waals surface area (Å²) in [7, 11) is -1.04. The first-order valence-corrected chi connectivity index (χ1v) is 17.9. The molecule has 25 heavy (non-hydrogen) atoms. The molecule has 0 unspecified atom stereocenters. The third-order valence-electron chi connectivity index (χ3n) is 4.37. The first kappa shape index (κ1) is 25.4. The van der Waals surface area contributed by atoms with Crippen LogP contribution in [-0.2, 0) is 27.5 Å². The van der Waals surface area contributed by atoms with Crippen LogP contribution in [0.5, 0.6) is 0 Å². The summed E-state index contributed by atoms with van der Waals surface area (Å²) in [4.78, 5) is 0.373. The first-order valence-electron chi connectivity index (χ1n) is 8.94. The predicted octanol–water partition coefficient (Wildman–Crippen LogP) is 3.04. The van der Waals surface area contributed by atoms with Crippen molar-refractivity contribution in [3.63, 3.8) is 0 Å². The van der Waals surface area contributed by atoms with Crippen LogP contribution in [0.15, 0.2) is 0 Å². The first-order chi connectivity index (χ1) is 11.5. The lowest BCUT2D eigenvalue weighted by Crippen LogP contribution is -2.63. The summed E-state index contributed by atoms with van der Waals surface area (Å²) >= 11 is 0. The topological polar surface area (TPSA) is 55.4 Å². The number of rotatable bonds is 15. The second-order valence-electron chi connectivity index (χ2n) is 7.77. The molecule has 0 aliphatic rings. The molecule has 0 heterocycles. The van der Waals surface area contributed by atoms with E-state index in [2.05, 4.69) is 39.3 Å². The van der Waals surface area contributed by atoms with Crippen LogP contribution in [0.25, 0.3) is 0 Å². The molecule has 0 aromatic carbocycles. The molecule has 0 radical (unpaired) electrons. The Balaban J connectivity index is 5.39. The Morgan fingerprint density at radius 1 is 0.480 bits per heavy atom. The minimum atomic E-state index is -2.05. The molecule has 0 N–H and O–H groups in total. The number of methoxy groups -OCH3 is 3. The normalized spacial score (nSPS) is 13.7. The van der Waals surface area contributed by atoms with E-state index < -0.39 is 25.0 Å². The molecule has 0 fully saturated rings. The number of ether oxygens (including phenoxy) is 3. The Morgan fingerprint density at radius 2 is 0.720 bits per heavy atom. The van der Waals surface area contributed by atoms with Crippen molar-refractivity contribution >= 4 is 25.0 Å². The average Bonchev–Trinajstić information content (AvgIpc) is 2.46. The lowest BCUT2D eigenvalue weighted by molar-refractivity contribution is 0.133. The Morgan fingerprint density at radius 3 is 0.920 bits per heavy atom. The van der Waals surface area contributed by atoms with Gasteiger partial charge in [0.2, 0.25) is 0 Å². The maximum Gasteiger partial charge on any atom is 0.189 e. The van der Waals surface area contributed by atoms with Crippen molar-refractivity contribution in [3.05, 3.63) is 0 Å². The van der Waals surface area contributed by atoms with Gasteiger partial charge in [-0.25, -0.2) is 0 Å². The summed E-state index contributed by atoms with van der Waals surface area (Å²) < 4.78 is 34.6. The van der Waals surface area contributed by atoms with Gasteiger partial charge < -0.3 is 27.5 Å². The molecule has 0 spiro atoms. The van der Waals surface area contributed by atoms with Crippen LogP contribution in [-0.4, -0.2) is 85.9 Å². The maximum atomic E-state index is 6.38. The standard InChI is InChI=1S/C16H40O6Si3/c1-17-10-13-20-23(4,5)16(24(6,7)21-14-11-18-2)25(8,9)22-15-12-19-3/h16H,10-15H2,1-9H3. The van der Waals surface area contributed by atoms with Crippen molar-refractivity contribution in [2.24, 2.45) is 0 Å². The molecule has 0 bridgehead atoms. The molecule has 0 aromatic heterocycles. The van der Waals surface area contributed by atoms with Gasteiger partial charge in [0, 0.05) is 26.1 Å². The Bertz CT molecular complexity index is 300. The van der Waals surface area contributed by atoms with Crippen LogP contribution < -0.4 is 0 Å². The molecular weight excluding hydrogens is 372 g/mol. The monoisotopic (exact) mass is 412 g/mol. The molecular formula is C16H40O6Si3. The van der Waals surface area contributed by atoms with E-state index in [1.807, 2.05) is 0 Å². The van der Waals surface area contributed by atoms with E-state index in [0.717, 1.165) is 0 Å². The smallest absolute Gasteiger partial charge is 0.189 e. The number of hydrogen-bond acceptors (Lipinski definition) is 6. The van der Waals surface area contributed by atoms with Gasteiger partial charge in [-0.1, -0.05) is 0 Å². The van der Waals surface area contributed by atoms with Crippen LogP contribution in [0.3, 0.4) is 0 Å². The summed E-state index contributed by atoms with van der Waals surface area (Å²) in [5.74, 6) is 0. The third-order valence-corrected chi connectivity index (χ3v) is 23.9. The highest BCUT2D eigenvalue weighted by Crippen LogP contribution is 2.41. The Kier molecular flexibility index (Phi) is 12.2. The zero-order valence-electron chi connectivity index (χ0n) is 17.8. The SMILES string of the molecule is COCCO[Si](C)(C)C([Si](C)(C)OCCOC)[Si](C)(C)OCCOC. The fraction of sp³-hybridized carbons (Fsp3) is 1.00. The Hall–Kier alpha value is 0.411. The highest BCUT2D eigenvalue weighted by Gasteiger charge is 2.56. The van der Waals surface area contributed by atoms with Gasteiger partial charge in [0.25, 0.3) is 0 Å². The lowest BCUT2D eigenvalue weighted by atomic mass is 10.8. The molecule has 0 atom stereocenters. The summed E-state index contributed by atoms with van der Waals surface area (Å²) in [6, 6.07) is 0. The largest absolute Gasteiger partial charge is 0.415 e. The van der Waals surface area contributed by atoms with Gasteiger partial charge in [-0.2, -0.15) is 0 Å². The van der Waals surface area contributed by atoms with Crippen LogP contribution in [0, 0.1) is 0 Å². The van der Waals surface area contributed by atoms with Gasteiger partial charge in [-0.3, -0.25) is 0 Å². The molecule has 0 aliphatic carbocycles. The number of hydrogen-bond donors (Lipinski definition) is 0. The Labute approximate surface area is 157 Å². The third kappa shape index (κ3) is 9.25. The van der Waals surface area contributed by atoms with E-state index in [9.17, 15) is 0 Å². The second-order valence-corrected chi connectivity index (χ2v) is 21.7. The summed E-state index contributed by atoms with van der Waals surface area (Å²) in [5, 5.41) is 0. The molecule has 0 aliphatic heterocycles. The molecule has 0 rings (SSSR count). The molecule has 0 saturated carbocycles. The summed E-state index contributed by atoms with van der Waals surface area (Å²) in [6.45, 7) is 17.4. The van der Waals surface area contributed by atoms with Crippen molar-refractivity contribution in [3.8, 4) is 0 Å². The predicted molar refractivity (Wildman–Crippen MR) is 110 cm³/mol.